The Hall–Kier alpha value is -1.86. The highest BCUT2D eigenvalue weighted by molar-refractivity contribution is 5.95. The molecule has 2 fully saturated rings. The van der Waals surface area contributed by atoms with Crippen LogP contribution in [0.5, 0.6) is 0 Å². The Morgan fingerprint density at radius 2 is 1.79 bits per heavy atom. The predicted octanol–water partition coefficient (Wildman–Crippen LogP) is 1.48. The van der Waals surface area contributed by atoms with Gasteiger partial charge in [0.1, 0.15) is 0 Å². The lowest BCUT2D eigenvalue weighted by atomic mass is 10.1. The molecule has 2 atom stereocenters. The van der Waals surface area contributed by atoms with Gasteiger partial charge in [0.25, 0.3) is 5.91 Å². The summed E-state index contributed by atoms with van der Waals surface area (Å²) in [5, 5.41) is 8.79. The normalized spacial score (nSPS) is 26.2. The van der Waals surface area contributed by atoms with E-state index in [-0.39, 0.29) is 5.91 Å². The fraction of sp³-hybridized carbons (Fsp3) is 0.467. The highest BCUT2D eigenvalue weighted by Gasteiger charge is 2.41. The third-order valence-electron chi connectivity index (χ3n) is 4.16. The van der Waals surface area contributed by atoms with Crippen molar-refractivity contribution in [1.82, 2.24) is 9.80 Å². The Balaban J connectivity index is 1.82. The van der Waals surface area contributed by atoms with Crippen molar-refractivity contribution in [3.63, 3.8) is 0 Å². The lowest BCUT2D eigenvalue weighted by molar-refractivity contribution is 0.0473. The van der Waals surface area contributed by atoms with E-state index in [4.69, 9.17) is 5.26 Å². The molecule has 2 heterocycles. The van der Waals surface area contributed by atoms with Gasteiger partial charge < -0.3 is 9.80 Å². The first-order valence-corrected chi connectivity index (χ1v) is 6.70. The van der Waals surface area contributed by atoms with Gasteiger partial charge in [-0.1, -0.05) is 0 Å². The van der Waals surface area contributed by atoms with Gasteiger partial charge in [0, 0.05) is 30.7 Å². The number of likely N-dealkylation sites (N-methyl/N-ethyl adjacent to an activating group) is 1. The Bertz CT molecular complexity index is 517. The molecule has 2 unspecified atom stereocenters. The number of fused-ring (bicyclic) bond motifs is 2. The maximum absolute atomic E-state index is 12.6. The maximum Gasteiger partial charge on any atom is 0.254 e. The molecule has 0 N–H and O–H groups in total. The van der Waals surface area contributed by atoms with Crippen molar-refractivity contribution < 1.29 is 4.79 Å². The minimum atomic E-state index is 0.116. The smallest absolute Gasteiger partial charge is 0.254 e. The first kappa shape index (κ1) is 12.2. The number of likely N-dealkylation sites (tertiary alicyclic amines) is 1. The van der Waals surface area contributed by atoms with Crippen LogP contribution in [0.25, 0.3) is 0 Å². The summed E-state index contributed by atoms with van der Waals surface area (Å²) in [6, 6.07) is 9.74. The SMILES string of the molecule is CN1CC2CCC(C1)N2C(=O)c1ccc(C#N)cc1. The zero-order valence-corrected chi connectivity index (χ0v) is 11.0. The molecule has 19 heavy (non-hydrogen) atoms. The molecule has 0 spiro atoms. The summed E-state index contributed by atoms with van der Waals surface area (Å²) >= 11 is 0. The van der Waals surface area contributed by atoms with Gasteiger partial charge in [0.05, 0.1) is 11.6 Å². The molecule has 4 heteroatoms. The van der Waals surface area contributed by atoms with Crippen molar-refractivity contribution in [3.8, 4) is 6.07 Å². The van der Waals surface area contributed by atoms with Crippen LogP contribution in [0.15, 0.2) is 24.3 Å². The molecule has 1 amide bonds. The highest BCUT2D eigenvalue weighted by atomic mass is 16.2. The second kappa shape index (κ2) is 4.67. The summed E-state index contributed by atoms with van der Waals surface area (Å²) in [6.45, 7) is 1.94. The summed E-state index contributed by atoms with van der Waals surface area (Å²) in [6.07, 6.45) is 2.22. The quantitative estimate of drug-likeness (QED) is 0.763. The molecule has 98 valence electrons. The van der Waals surface area contributed by atoms with Crippen molar-refractivity contribution in [2.45, 2.75) is 24.9 Å². The van der Waals surface area contributed by atoms with Gasteiger partial charge in [0.2, 0.25) is 0 Å². The van der Waals surface area contributed by atoms with E-state index in [0.717, 1.165) is 25.9 Å². The van der Waals surface area contributed by atoms with Gasteiger partial charge in [-0.25, -0.2) is 0 Å². The third kappa shape index (κ3) is 2.11. The summed E-state index contributed by atoms with van der Waals surface area (Å²) in [7, 11) is 2.12. The Morgan fingerprint density at radius 3 is 2.32 bits per heavy atom. The minimum absolute atomic E-state index is 0.116. The average molecular weight is 255 g/mol. The van der Waals surface area contributed by atoms with Gasteiger partial charge in [0.15, 0.2) is 0 Å². The number of hydrogen-bond acceptors (Lipinski definition) is 3. The van der Waals surface area contributed by atoms with Crippen LogP contribution in [0, 0.1) is 11.3 Å². The van der Waals surface area contributed by atoms with E-state index in [9.17, 15) is 4.79 Å². The van der Waals surface area contributed by atoms with Gasteiger partial charge in [-0.15, -0.1) is 0 Å². The van der Waals surface area contributed by atoms with Crippen LogP contribution >= 0.6 is 0 Å². The van der Waals surface area contributed by atoms with Crippen molar-refractivity contribution in [3.05, 3.63) is 35.4 Å². The molecule has 2 aliphatic heterocycles. The lowest BCUT2D eigenvalue weighted by Gasteiger charge is -2.39. The number of nitriles is 1. The number of nitrogens with zero attached hydrogens (tertiary/aromatic N) is 3. The van der Waals surface area contributed by atoms with E-state index in [2.05, 4.69) is 22.9 Å². The third-order valence-corrected chi connectivity index (χ3v) is 4.16. The van der Waals surface area contributed by atoms with Crippen molar-refractivity contribution in [2.75, 3.05) is 20.1 Å². The predicted molar refractivity (Wildman–Crippen MR) is 71.6 cm³/mol. The molecule has 2 saturated heterocycles. The molecule has 1 aromatic carbocycles. The topological polar surface area (TPSA) is 47.3 Å². The monoisotopic (exact) mass is 255 g/mol. The number of rotatable bonds is 1. The molecular formula is C15H17N3O. The van der Waals surface area contributed by atoms with Crippen molar-refractivity contribution >= 4 is 5.91 Å². The first-order valence-electron chi connectivity index (χ1n) is 6.70. The fourth-order valence-electron chi connectivity index (χ4n) is 3.28. The van der Waals surface area contributed by atoms with Crippen LogP contribution in [0.2, 0.25) is 0 Å². The summed E-state index contributed by atoms with van der Waals surface area (Å²) in [5.74, 6) is 0.116. The van der Waals surface area contributed by atoms with Crippen LogP contribution in [-0.4, -0.2) is 47.9 Å². The number of benzene rings is 1. The molecule has 2 aliphatic rings. The van der Waals surface area contributed by atoms with Crippen LogP contribution in [0.1, 0.15) is 28.8 Å². The Labute approximate surface area is 113 Å². The van der Waals surface area contributed by atoms with E-state index in [1.807, 2.05) is 0 Å². The van der Waals surface area contributed by atoms with Crippen molar-refractivity contribution in [1.29, 1.82) is 5.26 Å². The summed E-state index contributed by atoms with van der Waals surface area (Å²) < 4.78 is 0. The maximum atomic E-state index is 12.6. The van der Waals surface area contributed by atoms with Crippen LogP contribution < -0.4 is 0 Å². The first-order chi connectivity index (χ1) is 9.19. The molecule has 0 radical (unpaired) electrons. The second-order valence-corrected chi connectivity index (χ2v) is 5.51. The van der Waals surface area contributed by atoms with Gasteiger partial charge in [-0.2, -0.15) is 5.26 Å². The fourth-order valence-corrected chi connectivity index (χ4v) is 3.28. The number of carbonyl (C=O) groups excluding carboxylic acids is 1. The number of amides is 1. The molecule has 3 rings (SSSR count). The van der Waals surface area contributed by atoms with E-state index < -0.39 is 0 Å². The molecule has 1 aromatic rings. The van der Waals surface area contributed by atoms with E-state index in [1.54, 1.807) is 24.3 Å². The van der Waals surface area contributed by atoms with Crippen LogP contribution in [0.3, 0.4) is 0 Å². The molecule has 0 saturated carbocycles. The van der Waals surface area contributed by atoms with Gasteiger partial charge in [-0.05, 0) is 44.2 Å². The van der Waals surface area contributed by atoms with Gasteiger partial charge in [-0.3, -0.25) is 4.79 Å². The molecule has 0 aromatic heterocycles. The summed E-state index contributed by atoms with van der Waals surface area (Å²) in [5.41, 5.74) is 1.29. The number of carbonyl (C=O) groups is 1. The van der Waals surface area contributed by atoms with Crippen LogP contribution in [-0.2, 0) is 0 Å². The van der Waals surface area contributed by atoms with Crippen molar-refractivity contribution in [2.24, 2.45) is 0 Å². The van der Waals surface area contributed by atoms with E-state index in [1.165, 1.54) is 0 Å². The largest absolute Gasteiger partial charge is 0.330 e. The average Bonchev–Trinajstić information content (AvgIpc) is 2.70. The summed E-state index contributed by atoms with van der Waals surface area (Å²) in [4.78, 5) is 17.0. The number of piperazine rings is 1. The van der Waals surface area contributed by atoms with E-state index in [0.29, 0.717) is 23.2 Å². The molecular weight excluding hydrogens is 238 g/mol. The highest BCUT2D eigenvalue weighted by Crippen LogP contribution is 2.30. The lowest BCUT2D eigenvalue weighted by Crippen LogP contribution is -2.54. The number of hydrogen-bond donors (Lipinski definition) is 0. The standard InChI is InChI=1S/C15H17N3O/c1-17-9-13-6-7-14(10-17)18(13)15(19)12-4-2-11(8-16)3-5-12/h2-5,13-14H,6-7,9-10H2,1H3. The van der Waals surface area contributed by atoms with E-state index >= 15 is 0 Å². The molecule has 0 aliphatic carbocycles. The minimum Gasteiger partial charge on any atom is -0.330 e. The second-order valence-electron chi connectivity index (χ2n) is 5.51. The Morgan fingerprint density at radius 1 is 1.21 bits per heavy atom. The molecule has 2 bridgehead atoms. The zero-order valence-electron chi connectivity index (χ0n) is 11.0. The van der Waals surface area contributed by atoms with Gasteiger partial charge >= 0.3 is 0 Å². The zero-order chi connectivity index (χ0) is 13.4. The Kier molecular flexibility index (Phi) is 3.00. The van der Waals surface area contributed by atoms with Crippen LogP contribution in [0.4, 0.5) is 0 Å². The molecule has 4 nitrogen and oxygen atoms in total.